The zero-order chi connectivity index (χ0) is 15.3. The Morgan fingerprint density at radius 1 is 0.800 bits per heavy atom. The van der Waals surface area contributed by atoms with Crippen molar-refractivity contribution in [3.8, 4) is 0 Å². The van der Waals surface area contributed by atoms with Crippen LogP contribution < -0.4 is 5.48 Å². The third-order valence-corrected chi connectivity index (χ3v) is 4.36. The van der Waals surface area contributed by atoms with E-state index >= 15 is 0 Å². The van der Waals surface area contributed by atoms with E-state index in [0.29, 0.717) is 0 Å². The molecule has 1 amide bonds. The largest absolute Gasteiger partial charge is 0.289 e. The average Bonchev–Trinajstić information content (AvgIpc) is 2.46. The molecule has 0 aliphatic carbocycles. The van der Waals surface area contributed by atoms with Crippen LogP contribution in [0.1, 0.15) is 97.8 Å². The summed E-state index contributed by atoms with van der Waals surface area (Å²) >= 11 is 0. The van der Waals surface area contributed by atoms with Crippen LogP contribution in [0.25, 0.3) is 0 Å². The van der Waals surface area contributed by atoms with E-state index in [-0.39, 0.29) is 11.3 Å². The molecular weight excluding hydrogens is 250 g/mol. The molecule has 0 radical (unpaired) electrons. The second-order valence-electron chi connectivity index (χ2n) is 6.09. The Morgan fingerprint density at radius 2 is 1.15 bits per heavy atom. The normalized spacial score (nSPS) is 11.6. The van der Waals surface area contributed by atoms with Gasteiger partial charge in [0.15, 0.2) is 0 Å². The van der Waals surface area contributed by atoms with Crippen molar-refractivity contribution >= 4 is 5.91 Å². The van der Waals surface area contributed by atoms with E-state index in [4.69, 9.17) is 5.21 Å². The highest BCUT2D eigenvalue weighted by molar-refractivity contribution is 5.81. The SMILES string of the molecule is CCCCCC(CCCCC)(CCCCC)C(=O)NO. The molecule has 0 aromatic carbocycles. The summed E-state index contributed by atoms with van der Waals surface area (Å²) in [7, 11) is 0. The average molecular weight is 285 g/mol. The third-order valence-electron chi connectivity index (χ3n) is 4.36. The summed E-state index contributed by atoms with van der Waals surface area (Å²) in [5, 5.41) is 9.14. The van der Waals surface area contributed by atoms with Gasteiger partial charge in [-0.3, -0.25) is 10.0 Å². The fourth-order valence-corrected chi connectivity index (χ4v) is 2.97. The molecule has 0 heterocycles. The van der Waals surface area contributed by atoms with E-state index in [1.165, 1.54) is 38.5 Å². The molecule has 0 spiro atoms. The number of carbonyl (C=O) groups excluding carboxylic acids is 1. The lowest BCUT2D eigenvalue weighted by atomic mass is 9.73. The van der Waals surface area contributed by atoms with Crippen molar-refractivity contribution in [3.63, 3.8) is 0 Å². The molecule has 2 N–H and O–H groups in total. The second kappa shape index (κ2) is 12.2. The number of rotatable bonds is 13. The summed E-state index contributed by atoms with van der Waals surface area (Å²) in [5.41, 5.74) is 1.61. The van der Waals surface area contributed by atoms with Crippen LogP contribution in [-0.2, 0) is 4.79 Å². The molecule has 0 rings (SSSR count). The van der Waals surface area contributed by atoms with Gasteiger partial charge in [0.2, 0.25) is 5.91 Å². The van der Waals surface area contributed by atoms with Gasteiger partial charge in [0.1, 0.15) is 0 Å². The van der Waals surface area contributed by atoms with Gasteiger partial charge in [-0.1, -0.05) is 78.6 Å². The maximum atomic E-state index is 12.3. The zero-order valence-electron chi connectivity index (χ0n) is 13.8. The Bertz CT molecular complexity index is 215. The number of amides is 1. The summed E-state index contributed by atoms with van der Waals surface area (Å²) in [5.74, 6) is -0.152. The molecule has 0 bridgehead atoms. The molecule has 0 aliphatic heterocycles. The first-order chi connectivity index (χ1) is 9.66. The van der Waals surface area contributed by atoms with Gasteiger partial charge in [-0.2, -0.15) is 0 Å². The van der Waals surface area contributed by atoms with E-state index in [1.807, 2.05) is 5.48 Å². The van der Waals surface area contributed by atoms with Crippen molar-refractivity contribution in [1.29, 1.82) is 0 Å². The van der Waals surface area contributed by atoms with Crippen molar-refractivity contribution in [2.75, 3.05) is 0 Å². The molecule has 0 atom stereocenters. The van der Waals surface area contributed by atoms with Crippen LogP contribution in [0.4, 0.5) is 0 Å². The molecular formula is C17H35NO2. The van der Waals surface area contributed by atoms with Crippen LogP contribution in [-0.4, -0.2) is 11.1 Å². The molecule has 0 saturated heterocycles. The van der Waals surface area contributed by atoms with Crippen molar-refractivity contribution < 1.29 is 10.0 Å². The first kappa shape index (κ1) is 19.4. The molecule has 0 aromatic heterocycles. The molecule has 120 valence electrons. The number of nitrogens with one attached hydrogen (secondary N) is 1. The molecule has 20 heavy (non-hydrogen) atoms. The van der Waals surface area contributed by atoms with Crippen molar-refractivity contribution in [3.05, 3.63) is 0 Å². The molecule has 0 saturated carbocycles. The minimum atomic E-state index is -0.339. The second-order valence-corrected chi connectivity index (χ2v) is 6.09. The van der Waals surface area contributed by atoms with Crippen LogP contribution in [0, 0.1) is 5.41 Å². The van der Waals surface area contributed by atoms with Gasteiger partial charge < -0.3 is 0 Å². The van der Waals surface area contributed by atoms with E-state index in [2.05, 4.69) is 20.8 Å². The third kappa shape index (κ3) is 7.28. The van der Waals surface area contributed by atoms with Crippen LogP contribution in [0.5, 0.6) is 0 Å². The zero-order valence-corrected chi connectivity index (χ0v) is 13.8. The van der Waals surface area contributed by atoms with Gasteiger partial charge in [0.05, 0.1) is 5.41 Å². The van der Waals surface area contributed by atoms with Gasteiger partial charge in [0.25, 0.3) is 0 Å². The molecule has 3 heteroatoms. The van der Waals surface area contributed by atoms with Gasteiger partial charge >= 0.3 is 0 Å². The van der Waals surface area contributed by atoms with Gasteiger partial charge in [-0.05, 0) is 19.3 Å². The fraction of sp³-hybridized carbons (Fsp3) is 0.941. The summed E-state index contributed by atoms with van der Waals surface area (Å²) in [6, 6.07) is 0. The molecule has 0 aliphatic rings. The van der Waals surface area contributed by atoms with Crippen LogP contribution in [0.2, 0.25) is 0 Å². The number of hydrogen-bond donors (Lipinski definition) is 2. The number of hydrogen-bond acceptors (Lipinski definition) is 2. The fourth-order valence-electron chi connectivity index (χ4n) is 2.97. The van der Waals surface area contributed by atoms with Crippen molar-refractivity contribution in [2.45, 2.75) is 97.8 Å². The summed E-state index contributed by atoms with van der Waals surface area (Å²) in [4.78, 5) is 12.3. The lowest BCUT2D eigenvalue weighted by Crippen LogP contribution is -2.39. The van der Waals surface area contributed by atoms with Crippen molar-refractivity contribution in [1.82, 2.24) is 5.48 Å². The van der Waals surface area contributed by atoms with E-state index in [9.17, 15) is 4.79 Å². The monoisotopic (exact) mass is 285 g/mol. The topological polar surface area (TPSA) is 49.3 Å². The standard InChI is InChI=1S/C17H35NO2/c1-4-7-10-13-17(16(19)18-20,14-11-8-5-2)15-12-9-6-3/h20H,4-15H2,1-3H3,(H,18,19). The Hall–Kier alpha value is -0.570. The first-order valence-corrected chi connectivity index (χ1v) is 8.61. The Balaban J connectivity index is 4.71. The van der Waals surface area contributed by atoms with Gasteiger partial charge in [0, 0.05) is 0 Å². The maximum absolute atomic E-state index is 12.3. The van der Waals surface area contributed by atoms with Crippen LogP contribution >= 0.6 is 0 Å². The quantitative estimate of drug-likeness (QED) is 0.277. The van der Waals surface area contributed by atoms with Crippen LogP contribution in [0.15, 0.2) is 0 Å². The van der Waals surface area contributed by atoms with E-state index in [1.54, 1.807) is 0 Å². The predicted molar refractivity (Wildman–Crippen MR) is 84.8 cm³/mol. The Labute approximate surface area is 125 Å². The number of unbranched alkanes of at least 4 members (excludes halogenated alkanes) is 6. The summed E-state index contributed by atoms with van der Waals surface area (Å²) in [6.45, 7) is 6.55. The molecule has 0 aromatic rings. The highest BCUT2D eigenvalue weighted by Gasteiger charge is 2.36. The Kier molecular flexibility index (Phi) is 11.8. The molecule has 0 unspecified atom stereocenters. The lowest BCUT2D eigenvalue weighted by molar-refractivity contribution is -0.141. The maximum Gasteiger partial charge on any atom is 0.249 e. The number of carbonyl (C=O) groups is 1. The van der Waals surface area contributed by atoms with Gasteiger partial charge in [-0.15, -0.1) is 0 Å². The van der Waals surface area contributed by atoms with E-state index < -0.39 is 0 Å². The van der Waals surface area contributed by atoms with E-state index in [0.717, 1.165) is 38.5 Å². The predicted octanol–water partition coefficient (Wildman–Crippen LogP) is 5.22. The van der Waals surface area contributed by atoms with Crippen molar-refractivity contribution in [2.24, 2.45) is 5.41 Å². The molecule has 0 fully saturated rings. The summed E-state index contributed by atoms with van der Waals surface area (Å²) < 4.78 is 0. The Morgan fingerprint density at radius 3 is 1.40 bits per heavy atom. The van der Waals surface area contributed by atoms with Gasteiger partial charge in [-0.25, -0.2) is 5.48 Å². The first-order valence-electron chi connectivity index (χ1n) is 8.61. The molecule has 3 nitrogen and oxygen atoms in total. The number of hydroxylamine groups is 1. The minimum absolute atomic E-state index is 0.152. The highest BCUT2D eigenvalue weighted by atomic mass is 16.5. The summed E-state index contributed by atoms with van der Waals surface area (Å²) in [6.07, 6.45) is 13.0. The lowest BCUT2D eigenvalue weighted by Gasteiger charge is -2.32. The minimum Gasteiger partial charge on any atom is -0.289 e. The highest BCUT2D eigenvalue weighted by Crippen LogP contribution is 2.37. The smallest absolute Gasteiger partial charge is 0.249 e. The van der Waals surface area contributed by atoms with Crippen LogP contribution in [0.3, 0.4) is 0 Å².